The van der Waals surface area contributed by atoms with E-state index in [2.05, 4.69) is 5.32 Å². The lowest BCUT2D eigenvalue weighted by Gasteiger charge is -2.10. The maximum absolute atomic E-state index is 12.0. The fraction of sp³-hybridized carbons (Fsp3) is 0.235. The molecule has 0 saturated heterocycles. The van der Waals surface area contributed by atoms with E-state index in [1.807, 2.05) is 31.2 Å². The summed E-state index contributed by atoms with van der Waals surface area (Å²) in [6.45, 7) is 1.88. The van der Waals surface area contributed by atoms with Gasteiger partial charge in [-0.3, -0.25) is 4.79 Å². The summed E-state index contributed by atoms with van der Waals surface area (Å²) in [6, 6.07) is 11.0. The van der Waals surface area contributed by atoms with E-state index in [0.29, 0.717) is 28.6 Å². The summed E-state index contributed by atoms with van der Waals surface area (Å²) in [5.41, 5.74) is 2.60. The molecule has 1 N–H and O–H groups in total. The van der Waals surface area contributed by atoms with Crippen molar-refractivity contribution < 1.29 is 9.53 Å². The SMILES string of the molecule is COc1ccc(CCC(=O)Nc2cccc(Cl)c2C)cc1Cl. The molecule has 2 rings (SSSR count). The quantitative estimate of drug-likeness (QED) is 0.844. The third kappa shape index (κ3) is 4.15. The first kappa shape index (κ1) is 16.7. The van der Waals surface area contributed by atoms with Gasteiger partial charge in [-0.2, -0.15) is 0 Å². The topological polar surface area (TPSA) is 38.3 Å². The van der Waals surface area contributed by atoms with Crippen LogP contribution in [0.15, 0.2) is 36.4 Å². The second-order valence-corrected chi connectivity index (χ2v) is 5.74. The van der Waals surface area contributed by atoms with Crippen LogP contribution in [-0.2, 0) is 11.2 Å². The zero-order chi connectivity index (χ0) is 16.1. The summed E-state index contributed by atoms with van der Waals surface area (Å²) in [5.74, 6) is 0.571. The lowest BCUT2D eigenvalue weighted by molar-refractivity contribution is -0.116. The van der Waals surface area contributed by atoms with E-state index in [-0.39, 0.29) is 5.91 Å². The minimum Gasteiger partial charge on any atom is -0.495 e. The summed E-state index contributed by atoms with van der Waals surface area (Å²) < 4.78 is 5.11. The zero-order valence-electron chi connectivity index (χ0n) is 12.5. The number of hydrogen-bond donors (Lipinski definition) is 1. The van der Waals surface area contributed by atoms with E-state index in [1.54, 1.807) is 19.2 Å². The van der Waals surface area contributed by atoms with Gasteiger partial charge in [0.15, 0.2) is 0 Å². The van der Waals surface area contributed by atoms with Crippen molar-refractivity contribution in [1.29, 1.82) is 0 Å². The van der Waals surface area contributed by atoms with Crippen LogP contribution < -0.4 is 10.1 Å². The van der Waals surface area contributed by atoms with Crippen molar-refractivity contribution in [3.63, 3.8) is 0 Å². The first-order chi connectivity index (χ1) is 10.5. The van der Waals surface area contributed by atoms with Gasteiger partial charge < -0.3 is 10.1 Å². The average molecular weight is 338 g/mol. The summed E-state index contributed by atoms with van der Waals surface area (Å²) in [7, 11) is 1.57. The monoisotopic (exact) mass is 337 g/mol. The molecule has 0 heterocycles. The number of carbonyl (C=O) groups excluding carboxylic acids is 1. The molecule has 0 bridgehead atoms. The highest BCUT2D eigenvalue weighted by Gasteiger charge is 2.08. The number of carbonyl (C=O) groups is 1. The number of halogens is 2. The molecule has 0 aliphatic heterocycles. The van der Waals surface area contributed by atoms with Gasteiger partial charge in [-0.25, -0.2) is 0 Å². The Morgan fingerprint density at radius 1 is 1.18 bits per heavy atom. The number of methoxy groups -OCH3 is 1. The second kappa shape index (κ2) is 7.52. The van der Waals surface area contributed by atoms with Gasteiger partial charge in [0, 0.05) is 17.1 Å². The molecule has 1 amide bonds. The second-order valence-electron chi connectivity index (χ2n) is 4.93. The Morgan fingerprint density at radius 2 is 1.95 bits per heavy atom. The Kier molecular flexibility index (Phi) is 5.69. The molecule has 2 aromatic carbocycles. The van der Waals surface area contributed by atoms with E-state index >= 15 is 0 Å². The minimum absolute atomic E-state index is 0.0580. The fourth-order valence-electron chi connectivity index (χ4n) is 2.08. The Hall–Kier alpha value is -1.71. The first-order valence-corrected chi connectivity index (χ1v) is 7.64. The predicted molar refractivity (Wildman–Crippen MR) is 91.1 cm³/mol. The standard InChI is InChI=1S/C17H17Cl2NO2/c1-11-13(18)4-3-5-15(11)20-17(21)9-7-12-6-8-16(22-2)14(19)10-12/h3-6,8,10H,7,9H2,1-2H3,(H,20,21). The van der Waals surface area contributed by atoms with E-state index in [4.69, 9.17) is 27.9 Å². The summed E-state index contributed by atoms with van der Waals surface area (Å²) >= 11 is 12.1. The number of aryl methyl sites for hydroxylation is 1. The van der Waals surface area contributed by atoms with Crippen LogP contribution in [0.1, 0.15) is 17.5 Å². The molecule has 0 aromatic heterocycles. The van der Waals surface area contributed by atoms with Crippen LogP contribution in [0.2, 0.25) is 10.0 Å². The molecule has 0 atom stereocenters. The highest BCUT2D eigenvalue weighted by molar-refractivity contribution is 6.32. The van der Waals surface area contributed by atoms with E-state index < -0.39 is 0 Å². The van der Waals surface area contributed by atoms with Crippen molar-refractivity contribution in [2.24, 2.45) is 0 Å². The number of hydrogen-bond acceptors (Lipinski definition) is 2. The molecule has 116 valence electrons. The molecular formula is C17H17Cl2NO2. The Balaban J connectivity index is 1.95. The van der Waals surface area contributed by atoms with Crippen LogP contribution in [-0.4, -0.2) is 13.0 Å². The average Bonchev–Trinajstić information content (AvgIpc) is 2.50. The minimum atomic E-state index is -0.0580. The molecule has 0 unspecified atom stereocenters. The maximum atomic E-state index is 12.0. The van der Waals surface area contributed by atoms with Crippen LogP contribution >= 0.6 is 23.2 Å². The maximum Gasteiger partial charge on any atom is 0.224 e. The number of amides is 1. The largest absolute Gasteiger partial charge is 0.495 e. The zero-order valence-corrected chi connectivity index (χ0v) is 14.0. The normalized spacial score (nSPS) is 10.4. The van der Waals surface area contributed by atoms with Gasteiger partial charge in [0.25, 0.3) is 0 Å². The summed E-state index contributed by atoms with van der Waals surface area (Å²) in [6.07, 6.45) is 0.976. The van der Waals surface area contributed by atoms with Crippen molar-refractivity contribution in [2.45, 2.75) is 19.8 Å². The highest BCUT2D eigenvalue weighted by Crippen LogP contribution is 2.26. The summed E-state index contributed by atoms with van der Waals surface area (Å²) in [4.78, 5) is 12.0. The van der Waals surface area contributed by atoms with Crippen LogP contribution in [0.5, 0.6) is 5.75 Å². The van der Waals surface area contributed by atoms with Gasteiger partial charge in [-0.15, -0.1) is 0 Å². The van der Waals surface area contributed by atoms with Crippen molar-refractivity contribution in [2.75, 3.05) is 12.4 Å². The van der Waals surface area contributed by atoms with Crippen LogP contribution in [0.3, 0.4) is 0 Å². The van der Waals surface area contributed by atoms with Gasteiger partial charge in [-0.1, -0.05) is 35.3 Å². The van der Waals surface area contributed by atoms with Gasteiger partial charge >= 0.3 is 0 Å². The van der Waals surface area contributed by atoms with Crippen molar-refractivity contribution in [1.82, 2.24) is 0 Å². The molecule has 0 saturated carbocycles. The molecule has 0 aliphatic carbocycles. The van der Waals surface area contributed by atoms with Crippen LogP contribution in [0.25, 0.3) is 0 Å². The van der Waals surface area contributed by atoms with E-state index in [1.165, 1.54) is 0 Å². The molecule has 22 heavy (non-hydrogen) atoms. The molecule has 0 radical (unpaired) electrons. The van der Waals surface area contributed by atoms with Crippen molar-refractivity contribution in [3.05, 3.63) is 57.6 Å². The fourth-order valence-corrected chi connectivity index (χ4v) is 2.53. The predicted octanol–water partition coefficient (Wildman–Crippen LogP) is 4.88. The third-order valence-corrected chi connectivity index (χ3v) is 4.10. The van der Waals surface area contributed by atoms with E-state index in [0.717, 1.165) is 16.8 Å². The molecule has 5 heteroatoms. The molecule has 2 aromatic rings. The smallest absolute Gasteiger partial charge is 0.224 e. The molecule has 0 spiro atoms. The number of nitrogens with one attached hydrogen (secondary N) is 1. The third-order valence-electron chi connectivity index (χ3n) is 3.40. The molecular weight excluding hydrogens is 321 g/mol. The summed E-state index contributed by atoms with van der Waals surface area (Å²) in [5, 5.41) is 4.06. The Morgan fingerprint density at radius 3 is 2.64 bits per heavy atom. The van der Waals surface area contributed by atoms with Crippen LogP contribution in [0, 0.1) is 6.92 Å². The number of anilines is 1. The lowest BCUT2D eigenvalue weighted by atomic mass is 10.1. The number of rotatable bonds is 5. The van der Waals surface area contributed by atoms with Crippen molar-refractivity contribution >= 4 is 34.8 Å². The van der Waals surface area contributed by atoms with E-state index in [9.17, 15) is 4.79 Å². The van der Waals surface area contributed by atoms with Gasteiger partial charge in [0.05, 0.1) is 12.1 Å². The number of ether oxygens (including phenoxy) is 1. The molecule has 0 fully saturated rings. The lowest BCUT2D eigenvalue weighted by Crippen LogP contribution is -2.13. The number of benzene rings is 2. The molecule has 3 nitrogen and oxygen atoms in total. The highest BCUT2D eigenvalue weighted by atomic mass is 35.5. The Labute approximate surface area is 140 Å². The first-order valence-electron chi connectivity index (χ1n) is 6.88. The van der Waals surface area contributed by atoms with Crippen molar-refractivity contribution in [3.8, 4) is 5.75 Å². The molecule has 0 aliphatic rings. The van der Waals surface area contributed by atoms with Gasteiger partial charge in [-0.05, 0) is 48.7 Å². The van der Waals surface area contributed by atoms with Gasteiger partial charge in [0.2, 0.25) is 5.91 Å². The Bertz CT molecular complexity index is 686. The van der Waals surface area contributed by atoms with Gasteiger partial charge in [0.1, 0.15) is 5.75 Å². The van der Waals surface area contributed by atoms with Crippen LogP contribution in [0.4, 0.5) is 5.69 Å².